The maximum absolute atomic E-state index is 12.3. The van der Waals surface area contributed by atoms with Crippen LogP contribution in [0.5, 0.6) is 5.75 Å². The van der Waals surface area contributed by atoms with Crippen LogP contribution < -0.4 is 9.46 Å². The molecule has 0 spiro atoms. The fraction of sp³-hybridized carbons (Fsp3) is 0.294. The zero-order valence-corrected chi connectivity index (χ0v) is 15.6. The van der Waals surface area contributed by atoms with Gasteiger partial charge in [-0.15, -0.1) is 0 Å². The van der Waals surface area contributed by atoms with E-state index >= 15 is 0 Å². The molecular weight excluding hydrogens is 369 g/mol. The van der Waals surface area contributed by atoms with E-state index in [-0.39, 0.29) is 11.4 Å². The zero-order chi connectivity index (χ0) is 17.6. The second kappa shape index (κ2) is 8.72. The zero-order valence-electron chi connectivity index (χ0n) is 13.3. The van der Waals surface area contributed by atoms with Gasteiger partial charge in [-0.2, -0.15) is 0 Å². The standard InChI is InChI=1S/C17H19Cl2NO3S/c1-2-3-10-23-15-5-7-16(8-6-15)24(21,22)20-12-13-11-14(18)4-9-17(13)19/h4-9,11,20H,2-3,10,12H2,1H3. The first-order chi connectivity index (χ1) is 11.4. The van der Waals surface area contributed by atoms with Crippen molar-refractivity contribution >= 4 is 33.2 Å². The predicted molar refractivity (Wildman–Crippen MR) is 97.3 cm³/mol. The number of hydrogen-bond acceptors (Lipinski definition) is 3. The average Bonchev–Trinajstić information content (AvgIpc) is 2.56. The molecule has 0 aliphatic heterocycles. The van der Waals surface area contributed by atoms with Crippen molar-refractivity contribution in [3.8, 4) is 5.75 Å². The van der Waals surface area contributed by atoms with Crippen LogP contribution in [0, 0.1) is 0 Å². The Balaban J connectivity index is 2.03. The van der Waals surface area contributed by atoms with Crippen molar-refractivity contribution in [2.45, 2.75) is 31.2 Å². The molecule has 0 atom stereocenters. The number of halogens is 2. The third-order valence-corrected chi connectivity index (χ3v) is 5.38. The molecule has 4 nitrogen and oxygen atoms in total. The SMILES string of the molecule is CCCCOc1ccc(S(=O)(=O)NCc2cc(Cl)ccc2Cl)cc1. The number of rotatable bonds is 8. The van der Waals surface area contributed by atoms with Gasteiger partial charge in [-0.05, 0) is 54.4 Å². The molecule has 0 saturated heterocycles. The highest BCUT2D eigenvalue weighted by Gasteiger charge is 2.14. The van der Waals surface area contributed by atoms with Crippen LogP contribution in [0.15, 0.2) is 47.4 Å². The maximum atomic E-state index is 12.3. The number of ether oxygens (including phenoxy) is 1. The summed E-state index contributed by atoms with van der Waals surface area (Å²) >= 11 is 11.9. The molecule has 0 unspecified atom stereocenters. The Morgan fingerprint density at radius 3 is 2.46 bits per heavy atom. The first-order valence-electron chi connectivity index (χ1n) is 7.59. The normalized spacial score (nSPS) is 11.5. The fourth-order valence-electron chi connectivity index (χ4n) is 1.98. The highest BCUT2D eigenvalue weighted by Crippen LogP contribution is 2.21. The Bertz CT molecular complexity index is 777. The van der Waals surface area contributed by atoms with Gasteiger partial charge in [-0.1, -0.05) is 36.5 Å². The van der Waals surface area contributed by atoms with Gasteiger partial charge in [0.15, 0.2) is 0 Å². The third-order valence-electron chi connectivity index (χ3n) is 3.36. The summed E-state index contributed by atoms with van der Waals surface area (Å²) in [5.41, 5.74) is 0.618. The summed E-state index contributed by atoms with van der Waals surface area (Å²) in [5.74, 6) is 0.653. The van der Waals surface area contributed by atoms with Crippen molar-refractivity contribution in [2.24, 2.45) is 0 Å². The van der Waals surface area contributed by atoms with Crippen LogP contribution in [0.4, 0.5) is 0 Å². The van der Waals surface area contributed by atoms with Gasteiger partial charge in [0.25, 0.3) is 0 Å². The molecule has 2 aromatic carbocycles. The number of sulfonamides is 1. The summed E-state index contributed by atoms with van der Waals surface area (Å²) < 4.78 is 32.7. The molecular formula is C17H19Cl2NO3S. The molecule has 0 amide bonds. The van der Waals surface area contributed by atoms with Crippen LogP contribution >= 0.6 is 23.2 Å². The summed E-state index contributed by atoms with van der Waals surface area (Å²) in [5, 5.41) is 0.962. The fourth-order valence-corrected chi connectivity index (χ4v) is 3.37. The molecule has 0 heterocycles. The Hall–Kier alpha value is -1.27. The first kappa shape index (κ1) is 19.1. The third kappa shape index (κ3) is 5.38. The van der Waals surface area contributed by atoms with E-state index in [1.54, 1.807) is 30.3 Å². The van der Waals surface area contributed by atoms with Crippen molar-refractivity contribution in [3.63, 3.8) is 0 Å². The van der Waals surface area contributed by atoms with Gasteiger partial charge < -0.3 is 4.74 Å². The topological polar surface area (TPSA) is 55.4 Å². The summed E-state index contributed by atoms with van der Waals surface area (Å²) in [7, 11) is -3.64. The number of nitrogens with one attached hydrogen (secondary N) is 1. The van der Waals surface area contributed by atoms with Gasteiger partial charge in [0.1, 0.15) is 5.75 Å². The molecule has 0 aliphatic rings. The molecule has 0 saturated carbocycles. The molecule has 0 fully saturated rings. The van der Waals surface area contributed by atoms with E-state index in [9.17, 15) is 8.42 Å². The summed E-state index contributed by atoms with van der Waals surface area (Å²) in [4.78, 5) is 0.170. The van der Waals surface area contributed by atoms with Gasteiger partial charge in [0, 0.05) is 16.6 Å². The van der Waals surface area contributed by atoms with Gasteiger partial charge in [-0.25, -0.2) is 13.1 Å². The van der Waals surface area contributed by atoms with Crippen LogP contribution in [0.1, 0.15) is 25.3 Å². The minimum Gasteiger partial charge on any atom is -0.494 e. The number of hydrogen-bond donors (Lipinski definition) is 1. The van der Waals surface area contributed by atoms with Crippen LogP contribution in [-0.4, -0.2) is 15.0 Å². The minimum absolute atomic E-state index is 0.0660. The lowest BCUT2D eigenvalue weighted by Gasteiger charge is -2.10. The average molecular weight is 388 g/mol. The molecule has 1 N–H and O–H groups in total. The maximum Gasteiger partial charge on any atom is 0.240 e. The molecule has 2 aromatic rings. The van der Waals surface area contributed by atoms with E-state index in [4.69, 9.17) is 27.9 Å². The van der Waals surface area contributed by atoms with E-state index in [2.05, 4.69) is 11.6 Å². The van der Waals surface area contributed by atoms with Gasteiger partial charge >= 0.3 is 0 Å². The molecule has 7 heteroatoms. The van der Waals surface area contributed by atoms with E-state index in [0.29, 0.717) is 28.0 Å². The van der Waals surface area contributed by atoms with E-state index < -0.39 is 10.0 Å². The highest BCUT2D eigenvalue weighted by molar-refractivity contribution is 7.89. The predicted octanol–water partition coefficient (Wildman–Crippen LogP) is 4.65. The molecule has 130 valence electrons. The van der Waals surface area contributed by atoms with E-state index in [1.807, 2.05) is 0 Å². The molecule has 0 bridgehead atoms. The van der Waals surface area contributed by atoms with Crippen LogP contribution in [0.3, 0.4) is 0 Å². The van der Waals surface area contributed by atoms with E-state index in [1.165, 1.54) is 12.1 Å². The van der Waals surface area contributed by atoms with Gasteiger partial charge in [0.2, 0.25) is 10.0 Å². The van der Waals surface area contributed by atoms with Crippen molar-refractivity contribution in [2.75, 3.05) is 6.61 Å². The molecule has 24 heavy (non-hydrogen) atoms. The summed E-state index contributed by atoms with van der Waals surface area (Å²) in [6, 6.07) is 11.3. The number of unbranched alkanes of at least 4 members (excludes halogenated alkanes) is 1. The Morgan fingerprint density at radius 2 is 1.79 bits per heavy atom. The van der Waals surface area contributed by atoms with Crippen molar-refractivity contribution in [3.05, 3.63) is 58.1 Å². The molecule has 0 aromatic heterocycles. The Kier molecular flexibility index (Phi) is 6.92. The lowest BCUT2D eigenvalue weighted by atomic mass is 10.2. The second-order valence-electron chi connectivity index (χ2n) is 5.23. The van der Waals surface area contributed by atoms with Crippen molar-refractivity contribution in [1.82, 2.24) is 4.72 Å². The first-order valence-corrected chi connectivity index (χ1v) is 9.83. The second-order valence-corrected chi connectivity index (χ2v) is 7.84. The lowest BCUT2D eigenvalue weighted by Crippen LogP contribution is -2.23. The van der Waals surface area contributed by atoms with E-state index in [0.717, 1.165) is 12.8 Å². The van der Waals surface area contributed by atoms with Crippen molar-refractivity contribution in [1.29, 1.82) is 0 Å². The van der Waals surface area contributed by atoms with Crippen LogP contribution in [-0.2, 0) is 16.6 Å². The van der Waals surface area contributed by atoms with Gasteiger partial charge in [-0.3, -0.25) is 0 Å². The molecule has 2 rings (SSSR count). The Labute approximate surface area is 152 Å². The quantitative estimate of drug-likeness (QED) is 0.670. The number of benzene rings is 2. The molecule has 0 aliphatic carbocycles. The van der Waals surface area contributed by atoms with Crippen LogP contribution in [0.2, 0.25) is 10.0 Å². The lowest BCUT2D eigenvalue weighted by molar-refractivity contribution is 0.309. The molecule has 0 radical (unpaired) electrons. The summed E-state index contributed by atoms with van der Waals surface area (Å²) in [6.45, 7) is 2.77. The minimum atomic E-state index is -3.64. The van der Waals surface area contributed by atoms with Gasteiger partial charge in [0.05, 0.1) is 11.5 Å². The Morgan fingerprint density at radius 1 is 1.08 bits per heavy atom. The highest BCUT2D eigenvalue weighted by atomic mass is 35.5. The van der Waals surface area contributed by atoms with Crippen LogP contribution in [0.25, 0.3) is 0 Å². The largest absolute Gasteiger partial charge is 0.494 e. The van der Waals surface area contributed by atoms with Crippen molar-refractivity contribution < 1.29 is 13.2 Å². The monoisotopic (exact) mass is 387 g/mol. The smallest absolute Gasteiger partial charge is 0.240 e. The summed E-state index contributed by atoms with van der Waals surface area (Å²) in [6.07, 6.45) is 2.00.